The van der Waals surface area contributed by atoms with Gasteiger partial charge in [0, 0.05) is 17.8 Å². The molecule has 0 unspecified atom stereocenters. The second-order valence-corrected chi connectivity index (χ2v) is 6.04. The van der Waals surface area contributed by atoms with Gasteiger partial charge >= 0.3 is 5.69 Å². The van der Waals surface area contributed by atoms with Crippen LogP contribution in [0, 0.1) is 0 Å². The third-order valence-corrected chi connectivity index (χ3v) is 4.32. The maximum absolute atomic E-state index is 12.1. The van der Waals surface area contributed by atoms with E-state index in [1.165, 1.54) is 18.8 Å². The lowest BCUT2D eigenvalue weighted by Gasteiger charge is -2.07. The molecule has 0 aliphatic rings. The van der Waals surface area contributed by atoms with Gasteiger partial charge in [-0.05, 0) is 17.7 Å². The van der Waals surface area contributed by atoms with Crippen LogP contribution in [0.1, 0.15) is 15.9 Å². The maximum atomic E-state index is 12.1. The number of halogens is 1. The molecule has 3 N–H and O–H groups in total. The third-order valence-electron chi connectivity index (χ3n) is 3.06. The van der Waals surface area contributed by atoms with Gasteiger partial charge in [0.2, 0.25) is 0 Å². The topological polar surface area (TPSA) is 97.9 Å². The van der Waals surface area contributed by atoms with Gasteiger partial charge in [-0.15, -0.1) is 11.8 Å². The number of nitrogens with zero attached hydrogens (tertiary/aromatic N) is 1. The molecule has 6 nitrogen and oxygen atoms in total. The number of carbonyl (C=O) groups is 1. The van der Waals surface area contributed by atoms with Gasteiger partial charge in [-0.1, -0.05) is 23.7 Å². The monoisotopic (exact) mass is 339 g/mol. The fraction of sp³-hybridized carbons (Fsp3) is 0.214. The molecule has 0 aliphatic carbocycles. The van der Waals surface area contributed by atoms with E-state index in [-0.39, 0.29) is 17.1 Å². The van der Waals surface area contributed by atoms with Crippen LogP contribution in [0.25, 0.3) is 0 Å². The van der Waals surface area contributed by atoms with Crippen LogP contribution in [0.3, 0.4) is 0 Å². The van der Waals surface area contributed by atoms with E-state index in [0.29, 0.717) is 10.8 Å². The molecule has 1 aromatic carbocycles. The van der Waals surface area contributed by atoms with Crippen molar-refractivity contribution >= 4 is 35.0 Å². The van der Waals surface area contributed by atoms with Crippen molar-refractivity contribution in [2.75, 3.05) is 11.5 Å². The first-order chi connectivity index (χ1) is 10.4. The smallest absolute Gasteiger partial charge is 0.329 e. The SMILES string of the molecule is Cn1c(N)c(C(=O)CSCc2ccc(Cl)cc2)c(=O)[nH]c1=O. The first kappa shape index (κ1) is 16.4. The molecule has 22 heavy (non-hydrogen) atoms. The number of aromatic amines is 1. The Morgan fingerprint density at radius 1 is 1.32 bits per heavy atom. The second-order valence-electron chi connectivity index (χ2n) is 4.62. The van der Waals surface area contributed by atoms with Gasteiger partial charge in [0.25, 0.3) is 5.56 Å². The van der Waals surface area contributed by atoms with E-state index in [1.54, 1.807) is 12.1 Å². The molecule has 1 aromatic heterocycles. The summed E-state index contributed by atoms with van der Waals surface area (Å²) in [4.78, 5) is 37.3. The average Bonchev–Trinajstić information content (AvgIpc) is 2.47. The number of rotatable bonds is 5. The average molecular weight is 340 g/mol. The molecule has 1 heterocycles. The molecule has 0 fully saturated rings. The van der Waals surface area contributed by atoms with Crippen molar-refractivity contribution in [3.05, 3.63) is 61.3 Å². The Kier molecular flexibility index (Phi) is 5.10. The Hall–Kier alpha value is -1.99. The highest BCUT2D eigenvalue weighted by atomic mass is 35.5. The number of ketones is 1. The molecule has 2 aromatic rings. The molecule has 116 valence electrons. The zero-order valence-corrected chi connectivity index (χ0v) is 13.3. The number of carbonyl (C=O) groups excluding carboxylic acids is 1. The van der Waals surface area contributed by atoms with E-state index >= 15 is 0 Å². The Morgan fingerprint density at radius 2 is 1.95 bits per heavy atom. The van der Waals surface area contributed by atoms with Crippen molar-refractivity contribution < 1.29 is 4.79 Å². The normalized spacial score (nSPS) is 10.6. The van der Waals surface area contributed by atoms with Gasteiger partial charge in [-0.3, -0.25) is 19.1 Å². The Morgan fingerprint density at radius 3 is 2.59 bits per heavy atom. The minimum atomic E-state index is -0.752. The molecule has 0 radical (unpaired) electrons. The van der Waals surface area contributed by atoms with Gasteiger partial charge in [0.15, 0.2) is 5.78 Å². The summed E-state index contributed by atoms with van der Waals surface area (Å²) in [5.74, 6) is 0.166. The summed E-state index contributed by atoms with van der Waals surface area (Å²) in [6.45, 7) is 0. The summed E-state index contributed by atoms with van der Waals surface area (Å²) in [6, 6.07) is 7.28. The van der Waals surface area contributed by atoms with Crippen LogP contribution >= 0.6 is 23.4 Å². The van der Waals surface area contributed by atoms with Crippen LogP contribution in [0.4, 0.5) is 5.82 Å². The minimum Gasteiger partial charge on any atom is -0.384 e. The third kappa shape index (κ3) is 3.61. The molecule has 0 spiro atoms. The number of benzene rings is 1. The standard InChI is InChI=1S/C14H14ClN3O3S/c1-18-12(16)11(13(20)17-14(18)21)10(19)7-22-6-8-2-4-9(15)5-3-8/h2-5H,6-7,16H2,1H3,(H,17,20,21). The highest BCUT2D eigenvalue weighted by molar-refractivity contribution is 7.99. The van der Waals surface area contributed by atoms with Crippen LogP contribution in [0.2, 0.25) is 5.02 Å². The molecule has 0 saturated carbocycles. The van der Waals surface area contributed by atoms with Crippen LogP contribution in [0.15, 0.2) is 33.9 Å². The largest absolute Gasteiger partial charge is 0.384 e. The summed E-state index contributed by atoms with van der Waals surface area (Å²) in [5, 5.41) is 0.648. The lowest BCUT2D eigenvalue weighted by atomic mass is 10.2. The second kappa shape index (κ2) is 6.85. The van der Waals surface area contributed by atoms with Crippen LogP contribution in [-0.2, 0) is 12.8 Å². The van der Waals surface area contributed by atoms with E-state index in [4.69, 9.17) is 17.3 Å². The summed E-state index contributed by atoms with van der Waals surface area (Å²) in [7, 11) is 1.39. The molecule has 0 saturated heterocycles. The predicted octanol–water partition coefficient (Wildman–Crippen LogP) is 1.43. The van der Waals surface area contributed by atoms with Gasteiger partial charge < -0.3 is 5.73 Å². The summed E-state index contributed by atoms with van der Waals surface area (Å²) >= 11 is 7.15. The summed E-state index contributed by atoms with van der Waals surface area (Å²) in [5.41, 5.74) is 5.13. The Bertz CT molecular complexity index is 812. The molecule has 0 bridgehead atoms. The number of thioether (sulfide) groups is 1. The summed E-state index contributed by atoms with van der Waals surface area (Å²) in [6.07, 6.45) is 0. The van der Waals surface area contributed by atoms with Gasteiger partial charge in [-0.2, -0.15) is 0 Å². The molecular weight excluding hydrogens is 326 g/mol. The molecule has 2 rings (SSSR count). The number of anilines is 1. The molecule has 0 aliphatic heterocycles. The number of nitrogen functional groups attached to an aromatic ring is 1. The highest BCUT2D eigenvalue weighted by Crippen LogP contribution is 2.17. The number of aromatic nitrogens is 2. The fourth-order valence-corrected chi connectivity index (χ4v) is 2.81. The number of hydrogen-bond donors (Lipinski definition) is 2. The van der Waals surface area contributed by atoms with Crippen molar-refractivity contribution in [1.82, 2.24) is 9.55 Å². The zero-order chi connectivity index (χ0) is 16.3. The minimum absolute atomic E-state index is 0.0914. The number of nitrogens with one attached hydrogen (secondary N) is 1. The first-order valence-electron chi connectivity index (χ1n) is 6.34. The number of Topliss-reactive ketones (excluding diaryl/α,β-unsaturated/α-hetero) is 1. The van der Waals surface area contributed by atoms with E-state index in [9.17, 15) is 14.4 Å². The maximum Gasteiger partial charge on any atom is 0.329 e. The molecular formula is C14H14ClN3O3S. The lowest BCUT2D eigenvalue weighted by Crippen LogP contribution is -2.35. The van der Waals surface area contributed by atoms with Crippen molar-refractivity contribution in [3.63, 3.8) is 0 Å². The zero-order valence-electron chi connectivity index (χ0n) is 11.8. The Balaban J connectivity index is 2.07. The molecule has 0 atom stereocenters. The summed E-state index contributed by atoms with van der Waals surface area (Å²) < 4.78 is 1.04. The van der Waals surface area contributed by atoms with Crippen LogP contribution < -0.4 is 17.0 Å². The highest BCUT2D eigenvalue weighted by Gasteiger charge is 2.17. The number of hydrogen-bond acceptors (Lipinski definition) is 5. The van der Waals surface area contributed by atoms with E-state index in [1.807, 2.05) is 12.1 Å². The van der Waals surface area contributed by atoms with E-state index in [0.717, 1.165) is 10.1 Å². The number of H-pyrrole nitrogens is 1. The van der Waals surface area contributed by atoms with Crippen LogP contribution in [-0.4, -0.2) is 21.1 Å². The Labute approximate surface area is 135 Å². The van der Waals surface area contributed by atoms with Gasteiger partial charge in [0.1, 0.15) is 11.4 Å². The molecule has 0 amide bonds. The van der Waals surface area contributed by atoms with Crippen molar-refractivity contribution in [2.24, 2.45) is 7.05 Å². The van der Waals surface area contributed by atoms with Crippen molar-refractivity contribution in [2.45, 2.75) is 5.75 Å². The van der Waals surface area contributed by atoms with E-state index in [2.05, 4.69) is 4.98 Å². The number of nitrogens with two attached hydrogens (primary N) is 1. The predicted molar refractivity (Wildman–Crippen MR) is 88.7 cm³/mol. The quantitative estimate of drug-likeness (QED) is 0.803. The van der Waals surface area contributed by atoms with E-state index < -0.39 is 17.0 Å². The van der Waals surface area contributed by atoms with Crippen molar-refractivity contribution in [1.29, 1.82) is 0 Å². The first-order valence-corrected chi connectivity index (χ1v) is 7.87. The van der Waals surface area contributed by atoms with Gasteiger partial charge in [0.05, 0.1) is 5.75 Å². The van der Waals surface area contributed by atoms with Crippen molar-refractivity contribution in [3.8, 4) is 0 Å². The lowest BCUT2D eigenvalue weighted by molar-refractivity contribution is 0.102. The van der Waals surface area contributed by atoms with Gasteiger partial charge in [-0.25, -0.2) is 4.79 Å². The molecule has 8 heteroatoms. The fourth-order valence-electron chi connectivity index (χ4n) is 1.82. The van der Waals surface area contributed by atoms with Crippen LogP contribution in [0.5, 0.6) is 0 Å².